The van der Waals surface area contributed by atoms with Gasteiger partial charge in [-0.2, -0.15) is 0 Å². The van der Waals surface area contributed by atoms with E-state index in [0.717, 1.165) is 6.04 Å². The van der Waals surface area contributed by atoms with E-state index in [0.29, 0.717) is 5.54 Å². The van der Waals surface area contributed by atoms with Gasteiger partial charge < -0.3 is 5.32 Å². The van der Waals surface area contributed by atoms with Crippen molar-refractivity contribution < 1.29 is 0 Å². The van der Waals surface area contributed by atoms with Gasteiger partial charge in [0.25, 0.3) is 0 Å². The molecule has 2 nitrogen and oxygen atoms in total. The standard InChI is InChI=1S/C19H36N2/c1-2-6-12-18(11-5-1)20-17-19(13-7-3-8-14-19)21-15-9-4-10-16-21/h18,20H,1-17H2. The molecule has 0 aromatic carbocycles. The van der Waals surface area contributed by atoms with Crippen molar-refractivity contribution in [1.29, 1.82) is 0 Å². The first-order valence-electron chi connectivity index (χ1n) is 9.88. The third-order valence-electron chi connectivity index (χ3n) is 6.39. The molecule has 0 atom stereocenters. The molecule has 0 unspecified atom stereocenters. The van der Waals surface area contributed by atoms with Gasteiger partial charge in [0.05, 0.1) is 0 Å². The van der Waals surface area contributed by atoms with E-state index in [2.05, 4.69) is 10.2 Å². The second-order valence-corrected chi connectivity index (χ2v) is 7.90. The van der Waals surface area contributed by atoms with E-state index in [1.165, 1.54) is 110 Å². The molecular weight excluding hydrogens is 256 g/mol. The minimum Gasteiger partial charge on any atom is -0.312 e. The Labute approximate surface area is 132 Å². The highest BCUT2D eigenvalue weighted by Crippen LogP contribution is 2.35. The Hall–Kier alpha value is -0.0800. The average Bonchev–Trinajstić information content (AvgIpc) is 2.83. The van der Waals surface area contributed by atoms with Crippen LogP contribution in [0.15, 0.2) is 0 Å². The van der Waals surface area contributed by atoms with Crippen LogP contribution in [0.1, 0.15) is 89.9 Å². The van der Waals surface area contributed by atoms with E-state index in [1.807, 2.05) is 0 Å². The van der Waals surface area contributed by atoms with Crippen LogP contribution in [0.2, 0.25) is 0 Å². The Morgan fingerprint density at radius 3 is 1.95 bits per heavy atom. The predicted molar refractivity (Wildman–Crippen MR) is 90.7 cm³/mol. The zero-order valence-corrected chi connectivity index (χ0v) is 14.0. The summed E-state index contributed by atoms with van der Waals surface area (Å²) in [4.78, 5) is 2.89. The lowest BCUT2D eigenvalue weighted by Gasteiger charge is -2.49. The van der Waals surface area contributed by atoms with Gasteiger partial charge in [0.2, 0.25) is 0 Å². The lowest BCUT2D eigenvalue weighted by molar-refractivity contribution is 0.0310. The number of rotatable bonds is 4. The van der Waals surface area contributed by atoms with Gasteiger partial charge >= 0.3 is 0 Å². The Morgan fingerprint density at radius 2 is 1.29 bits per heavy atom. The monoisotopic (exact) mass is 292 g/mol. The van der Waals surface area contributed by atoms with Gasteiger partial charge in [-0.05, 0) is 51.6 Å². The fraction of sp³-hybridized carbons (Fsp3) is 1.00. The van der Waals surface area contributed by atoms with E-state index in [4.69, 9.17) is 0 Å². The molecule has 21 heavy (non-hydrogen) atoms. The Morgan fingerprint density at radius 1 is 0.714 bits per heavy atom. The third-order valence-corrected chi connectivity index (χ3v) is 6.39. The van der Waals surface area contributed by atoms with Crippen molar-refractivity contribution in [2.45, 2.75) is 101 Å². The van der Waals surface area contributed by atoms with Crippen LogP contribution in [-0.2, 0) is 0 Å². The first-order chi connectivity index (χ1) is 10.4. The van der Waals surface area contributed by atoms with Gasteiger partial charge in [0.1, 0.15) is 0 Å². The van der Waals surface area contributed by atoms with Crippen molar-refractivity contribution in [1.82, 2.24) is 10.2 Å². The largest absolute Gasteiger partial charge is 0.312 e. The summed E-state index contributed by atoms with van der Waals surface area (Å²) in [6.45, 7) is 4.01. The topological polar surface area (TPSA) is 15.3 Å². The van der Waals surface area contributed by atoms with Crippen LogP contribution in [0.5, 0.6) is 0 Å². The van der Waals surface area contributed by atoms with Crippen molar-refractivity contribution >= 4 is 0 Å². The molecule has 2 saturated carbocycles. The Bertz CT molecular complexity index is 282. The minimum atomic E-state index is 0.519. The molecule has 3 aliphatic rings. The number of nitrogens with zero attached hydrogens (tertiary/aromatic N) is 1. The van der Waals surface area contributed by atoms with Crippen LogP contribution in [-0.4, -0.2) is 36.1 Å². The van der Waals surface area contributed by atoms with Gasteiger partial charge in [-0.15, -0.1) is 0 Å². The average molecular weight is 293 g/mol. The van der Waals surface area contributed by atoms with Crippen molar-refractivity contribution in [3.63, 3.8) is 0 Å². The number of piperidine rings is 1. The second kappa shape index (κ2) is 7.97. The number of likely N-dealkylation sites (tertiary alicyclic amines) is 1. The zero-order valence-electron chi connectivity index (χ0n) is 14.0. The first-order valence-corrected chi connectivity index (χ1v) is 9.88. The van der Waals surface area contributed by atoms with Crippen molar-refractivity contribution in [3.8, 4) is 0 Å². The van der Waals surface area contributed by atoms with Crippen LogP contribution in [0.3, 0.4) is 0 Å². The van der Waals surface area contributed by atoms with E-state index in [9.17, 15) is 0 Å². The van der Waals surface area contributed by atoms with Gasteiger partial charge in [-0.1, -0.05) is 51.4 Å². The summed E-state index contributed by atoms with van der Waals surface area (Å²) in [7, 11) is 0. The molecule has 1 aliphatic heterocycles. The summed E-state index contributed by atoms with van der Waals surface area (Å²) in [5.41, 5.74) is 0.519. The quantitative estimate of drug-likeness (QED) is 0.768. The van der Waals surface area contributed by atoms with Crippen LogP contribution in [0.4, 0.5) is 0 Å². The van der Waals surface area contributed by atoms with E-state index < -0.39 is 0 Å². The molecular formula is C19H36N2. The number of nitrogens with one attached hydrogen (secondary N) is 1. The SMILES string of the molecule is C1CCCC(NCC2(N3CCCCC3)CCCCC2)CC1. The Balaban J connectivity index is 1.58. The van der Waals surface area contributed by atoms with Crippen LogP contribution in [0.25, 0.3) is 0 Å². The van der Waals surface area contributed by atoms with Gasteiger partial charge in [0.15, 0.2) is 0 Å². The minimum absolute atomic E-state index is 0.519. The molecule has 1 saturated heterocycles. The molecule has 0 aromatic heterocycles. The molecule has 1 heterocycles. The van der Waals surface area contributed by atoms with Crippen LogP contribution >= 0.6 is 0 Å². The molecule has 0 spiro atoms. The van der Waals surface area contributed by atoms with Gasteiger partial charge in [0, 0.05) is 18.1 Å². The summed E-state index contributed by atoms with van der Waals surface area (Å²) in [6, 6.07) is 0.816. The second-order valence-electron chi connectivity index (χ2n) is 7.90. The van der Waals surface area contributed by atoms with E-state index in [1.54, 1.807) is 0 Å². The predicted octanol–water partition coefficient (Wildman–Crippen LogP) is 4.49. The molecule has 0 aromatic rings. The highest BCUT2D eigenvalue weighted by Gasteiger charge is 2.38. The summed E-state index contributed by atoms with van der Waals surface area (Å²) >= 11 is 0. The molecule has 122 valence electrons. The lowest BCUT2D eigenvalue weighted by Crippen LogP contribution is -2.58. The summed E-state index contributed by atoms with van der Waals surface area (Å²) in [6.07, 6.45) is 20.3. The molecule has 2 heteroatoms. The first kappa shape index (κ1) is 15.8. The van der Waals surface area contributed by atoms with E-state index in [-0.39, 0.29) is 0 Å². The molecule has 3 rings (SSSR count). The van der Waals surface area contributed by atoms with Crippen molar-refractivity contribution in [2.75, 3.05) is 19.6 Å². The smallest absolute Gasteiger partial charge is 0.0334 e. The van der Waals surface area contributed by atoms with Crippen molar-refractivity contribution in [3.05, 3.63) is 0 Å². The van der Waals surface area contributed by atoms with Crippen LogP contribution in [0, 0.1) is 0 Å². The molecule has 0 amide bonds. The maximum Gasteiger partial charge on any atom is 0.0334 e. The van der Waals surface area contributed by atoms with Gasteiger partial charge in [-0.3, -0.25) is 4.90 Å². The molecule has 3 fully saturated rings. The molecule has 0 bridgehead atoms. The molecule has 2 aliphatic carbocycles. The molecule has 0 radical (unpaired) electrons. The Kier molecular flexibility index (Phi) is 5.99. The summed E-state index contributed by atoms with van der Waals surface area (Å²) < 4.78 is 0. The molecule has 1 N–H and O–H groups in total. The maximum atomic E-state index is 4.03. The zero-order chi connectivity index (χ0) is 14.4. The lowest BCUT2D eigenvalue weighted by atomic mass is 9.79. The summed E-state index contributed by atoms with van der Waals surface area (Å²) in [5.74, 6) is 0. The number of hydrogen-bond donors (Lipinski definition) is 1. The van der Waals surface area contributed by atoms with Gasteiger partial charge in [-0.25, -0.2) is 0 Å². The highest BCUT2D eigenvalue weighted by atomic mass is 15.2. The maximum absolute atomic E-state index is 4.03. The number of hydrogen-bond acceptors (Lipinski definition) is 2. The van der Waals surface area contributed by atoms with Crippen LogP contribution < -0.4 is 5.32 Å². The summed E-state index contributed by atoms with van der Waals surface area (Å²) in [5, 5.41) is 4.03. The van der Waals surface area contributed by atoms with Crippen molar-refractivity contribution in [2.24, 2.45) is 0 Å². The fourth-order valence-electron chi connectivity index (χ4n) is 5.00. The fourth-order valence-corrected chi connectivity index (χ4v) is 5.00. The normalized spacial score (nSPS) is 29.1. The third kappa shape index (κ3) is 4.22. The van der Waals surface area contributed by atoms with E-state index >= 15 is 0 Å². The highest BCUT2D eigenvalue weighted by molar-refractivity contribution is 4.96.